The third kappa shape index (κ3) is 3.38. The van der Waals surface area contributed by atoms with E-state index in [0.29, 0.717) is 39.5 Å². The molecule has 1 unspecified atom stereocenters. The normalized spacial score (nSPS) is 20.6. The molecular formula is C18H27N5O4S. The molecule has 10 heteroatoms. The molecule has 28 heavy (non-hydrogen) atoms. The van der Waals surface area contributed by atoms with Crippen LogP contribution in [0.15, 0.2) is 17.3 Å². The SMILES string of the molecule is CCn1cc(S(=O)(=O)N2CCCC2c2nn(CCOC)c3c2COCC3)cn1. The zero-order valence-corrected chi connectivity index (χ0v) is 17.2. The second-order valence-corrected chi connectivity index (χ2v) is 9.03. The molecule has 2 aliphatic rings. The van der Waals surface area contributed by atoms with Gasteiger partial charge in [0.1, 0.15) is 4.90 Å². The number of methoxy groups -OCH3 is 1. The lowest BCUT2D eigenvalue weighted by molar-refractivity contribution is 0.106. The molecule has 2 aromatic heterocycles. The standard InChI is InChI=1S/C18H27N5O4S/c1-3-21-12-14(11-19-21)28(24,25)23-7-4-5-17(23)18-15-13-27-9-6-16(15)22(20-18)8-10-26-2/h11-12,17H,3-10,13H2,1-2H3. The number of hydrogen-bond acceptors (Lipinski definition) is 6. The summed E-state index contributed by atoms with van der Waals surface area (Å²) < 4.78 is 42.6. The van der Waals surface area contributed by atoms with E-state index in [1.807, 2.05) is 11.6 Å². The predicted molar refractivity (Wildman–Crippen MR) is 101 cm³/mol. The van der Waals surface area contributed by atoms with Crippen LogP contribution < -0.4 is 0 Å². The summed E-state index contributed by atoms with van der Waals surface area (Å²) in [6.07, 6.45) is 5.39. The third-order valence-corrected chi connectivity index (χ3v) is 7.35. The fraction of sp³-hybridized carbons (Fsp3) is 0.667. The van der Waals surface area contributed by atoms with E-state index < -0.39 is 10.0 Å². The highest BCUT2D eigenvalue weighted by Crippen LogP contribution is 2.39. The van der Waals surface area contributed by atoms with Gasteiger partial charge in [-0.3, -0.25) is 9.36 Å². The fourth-order valence-corrected chi connectivity index (χ4v) is 5.67. The molecule has 0 spiro atoms. The molecular weight excluding hydrogens is 382 g/mol. The molecule has 1 saturated heterocycles. The van der Waals surface area contributed by atoms with E-state index in [2.05, 4.69) is 5.10 Å². The van der Waals surface area contributed by atoms with E-state index in [9.17, 15) is 8.42 Å². The summed E-state index contributed by atoms with van der Waals surface area (Å²) in [5.41, 5.74) is 3.01. The third-order valence-electron chi connectivity index (χ3n) is 5.49. The summed E-state index contributed by atoms with van der Waals surface area (Å²) in [4.78, 5) is 0.241. The van der Waals surface area contributed by atoms with Crippen LogP contribution in [0.3, 0.4) is 0 Å². The molecule has 4 heterocycles. The lowest BCUT2D eigenvalue weighted by Gasteiger charge is -2.23. The Morgan fingerprint density at radius 1 is 1.39 bits per heavy atom. The van der Waals surface area contributed by atoms with E-state index >= 15 is 0 Å². The van der Waals surface area contributed by atoms with E-state index in [1.165, 1.54) is 6.20 Å². The summed E-state index contributed by atoms with van der Waals surface area (Å²) in [7, 11) is -1.96. The van der Waals surface area contributed by atoms with Gasteiger partial charge in [0, 0.05) is 44.1 Å². The maximum atomic E-state index is 13.3. The smallest absolute Gasteiger partial charge is 0.246 e. The summed E-state index contributed by atoms with van der Waals surface area (Å²) in [5.74, 6) is 0. The van der Waals surface area contributed by atoms with Gasteiger partial charge >= 0.3 is 0 Å². The number of aromatic nitrogens is 4. The van der Waals surface area contributed by atoms with Crippen molar-refractivity contribution >= 4 is 10.0 Å². The Morgan fingerprint density at radius 2 is 2.25 bits per heavy atom. The van der Waals surface area contributed by atoms with Crippen molar-refractivity contribution in [1.29, 1.82) is 0 Å². The zero-order chi connectivity index (χ0) is 19.7. The summed E-state index contributed by atoms with van der Waals surface area (Å²) in [5, 5.41) is 8.96. The van der Waals surface area contributed by atoms with Gasteiger partial charge in [0.05, 0.1) is 44.3 Å². The van der Waals surface area contributed by atoms with Crippen molar-refractivity contribution in [3.05, 3.63) is 29.3 Å². The number of nitrogens with zero attached hydrogens (tertiary/aromatic N) is 5. The summed E-state index contributed by atoms with van der Waals surface area (Å²) >= 11 is 0. The molecule has 0 amide bonds. The number of rotatable bonds is 7. The molecule has 9 nitrogen and oxygen atoms in total. The Balaban J connectivity index is 1.69. The van der Waals surface area contributed by atoms with E-state index in [0.717, 1.165) is 36.2 Å². The molecule has 154 valence electrons. The average molecular weight is 410 g/mol. The van der Waals surface area contributed by atoms with Crippen LogP contribution in [0.1, 0.15) is 42.8 Å². The zero-order valence-electron chi connectivity index (χ0n) is 16.4. The van der Waals surface area contributed by atoms with Crippen LogP contribution in [-0.2, 0) is 45.6 Å². The molecule has 2 aromatic rings. The number of aryl methyl sites for hydroxylation is 1. The molecule has 0 aliphatic carbocycles. The topological polar surface area (TPSA) is 91.5 Å². The van der Waals surface area contributed by atoms with Crippen LogP contribution in [0.5, 0.6) is 0 Å². The minimum absolute atomic E-state index is 0.241. The maximum absolute atomic E-state index is 13.3. The van der Waals surface area contributed by atoms with Gasteiger partial charge in [0.2, 0.25) is 10.0 Å². The van der Waals surface area contributed by atoms with Crippen LogP contribution in [-0.4, -0.2) is 59.2 Å². The van der Waals surface area contributed by atoms with Gasteiger partial charge in [-0.1, -0.05) is 0 Å². The lowest BCUT2D eigenvalue weighted by Crippen LogP contribution is -2.31. The fourth-order valence-electron chi connectivity index (χ4n) is 4.05. The minimum Gasteiger partial charge on any atom is -0.383 e. The maximum Gasteiger partial charge on any atom is 0.246 e. The number of sulfonamides is 1. The molecule has 0 N–H and O–H groups in total. The van der Waals surface area contributed by atoms with Crippen molar-refractivity contribution in [2.45, 2.75) is 56.8 Å². The highest BCUT2D eigenvalue weighted by Gasteiger charge is 2.40. The van der Waals surface area contributed by atoms with Gasteiger partial charge in [0.15, 0.2) is 0 Å². The molecule has 0 radical (unpaired) electrons. The quantitative estimate of drug-likeness (QED) is 0.685. The molecule has 2 aliphatic heterocycles. The predicted octanol–water partition coefficient (Wildman–Crippen LogP) is 1.34. The Kier molecular flexibility index (Phi) is 5.55. The highest BCUT2D eigenvalue weighted by molar-refractivity contribution is 7.89. The second kappa shape index (κ2) is 7.94. The average Bonchev–Trinajstić information content (AvgIpc) is 3.44. The molecule has 1 atom stereocenters. The first-order valence-electron chi connectivity index (χ1n) is 9.75. The van der Waals surface area contributed by atoms with Gasteiger partial charge in [-0.2, -0.15) is 14.5 Å². The van der Waals surface area contributed by atoms with Gasteiger partial charge in [-0.25, -0.2) is 8.42 Å². The highest BCUT2D eigenvalue weighted by atomic mass is 32.2. The van der Waals surface area contributed by atoms with Crippen molar-refractivity contribution in [3.63, 3.8) is 0 Å². The number of ether oxygens (including phenoxy) is 2. The van der Waals surface area contributed by atoms with Crippen molar-refractivity contribution in [2.24, 2.45) is 0 Å². The van der Waals surface area contributed by atoms with Crippen LogP contribution in [0, 0.1) is 0 Å². The lowest BCUT2D eigenvalue weighted by atomic mass is 10.0. The molecule has 0 bridgehead atoms. The van der Waals surface area contributed by atoms with Crippen LogP contribution in [0.4, 0.5) is 0 Å². The molecule has 1 fully saturated rings. The Labute approximate surface area is 165 Å². The second-order valence-electron chi connectivity index (χ2n) is 7.13. The Morgan fingerprint density at radius 3 is 3.00 bits per heavy atom. The van der Waals surface area contributed by atoms with Crippen LogP contribution in [0.25, 0.3) is 0 Å². The van der Waals surface area contributed by atoms with Gasteiger partial charge in [-0.05, 0) is 19.8 Å². The van der Waals surface area contributed by atoms with E-state index in [1.54, 1.807) is 22.3 Å². The Bertz CT molecular complexity index is 936. The first-order valence-corrected chi connectivity index (χ1v) is 11.2. The first-order chi connectivity index (χ1) is 13.6. The molecule has 0 aromatic carbocycles. The van der Waals surface area contributed by atoms with Crippen molar-refractivity contribution in [2.75, 3.05) is 26.9 Å². The summed E-state index contributed by atoms with van der Waals surface area (Å²) in [6, 6.07) is -0.269. The van der Waals surface area contributed by atoms with Crippen molar-refractivity contribution in [3.8, 4) is 0 Å². The number of fused-ring (bicyclic) bond motifs is 1. The minimum atomic E-state index is -3.62. The largest absolute Gasteiger partial charge is 0.383 e. The van der Waals surface area contributed by atoms with E-state index in [-0.39, 0.29) is 10.9 Å². The van der Waals surface area contributed by atoms with Gasteiger partial charge in [0.25, 0.3) is 0 Å². The van der Waals surface area contributed by atoms with Gasteiger partial charge in [-0.15, -0.1) is 0 Å². The van der Waals surface area contributed by atoms with Crippen molar-refractivity contribution in [1.82, 2.24) is 23.9 Å². The molecule has 0 saturated carbocycles. The Hall–Kier alpha value is -1.75. The molecule has 4 rings (SSSR count). The van der Waals surface area contributed by atoms with Crippen molar-refractivity contribution < 1.29 is 17.9 Å². The number of hydrogen-bond donors (Lipinski definition) is 0. The monoisotopic (exact) mass is 409 g/mol. The van der Waals surface area contributed by atoms with Gasteiger partial charge < -0.3 is 9.47 Å². The van der Waals surface area contributed by atoms with Crippen LogP contribution >= 0.6 is 0 Å². The first kappa shape index (κ1) is 19.6. The van der Waals surface area contributed by atoms with Crippen LogP contribution in [0.2, 0.25) is 0 Å². The summed E-state index contributed by atoms with van der Waals surface area (Å²) in [6.45, 7) is 5.42. The van der Waals surface area contributed by atoms with E-state index in [4.69, 9.17) is 14.6 Å².